The molecule has 4 rings (SSSR count). The summed E-state index contributed by atoms with van der Waals surface area (Å²) in [4.78, 5) is 20.3. The minimum atomic E-state index is -0.533. The van der Waals surface area contributed by atoms with Gasteiger partial charge in [-0.15, -0.1) is 0 Å². The molecule has 130 valence electrons. The van der Waals surface area contributed by atoms with Crippen LogP contribution in [0.2, 0.25) is 0 Å². The molecule has 1 atom stereocenters. The lowest BCUT2D eigenvalue weighted by Gasteiger charge is -2.31. The summed E-state index contributed by atoms with van der Waals surface area (Å²) in [7, 11) is 1.65. The molecule has 0 bridgehead atoms. The molecule has 0 spiro atoms. The predicted molar refractivity (Wildman–Crippen MR) is 98.6 cm³/mol. The number of carbonyl (C=O) groups is 1. The van der Waals surface area contributed by atoms with Crippen molar-refractivity contribution < 1.29 is 9.53 Å². The standard InChI is InChI=1S/C21H19N3O2/c1-26-19-7-5-17(6-8-19)21(10-9-20(25)24-21)18-4-2-3-15(11-18)16-12-22-14-23-13-16/h2-8,11-14H,9-10H2,1H3,(H,24,25). The van der Waals surface area contributed by atoms with Crippen molar-refractivity contribution in [2.24, 2.45) is 0 Å². The molecule has 1 aliphatic heterocycles. The van der Waals surface area contributed by atoms with Crippen LogP contribution in [0.5, 0.6) is 5.75 Å². The lowest BCUT2D eigenvalue weighted by Crippen LogP contribution is -2.39. The van der Waals surface area contributed by atoms with E-state index in [1.807, 2.05) is 36.4 Å². The van der Waals surface area contributed by atoms with Gasteiger partial charge in [-0.1, -0.05) is 30.3 Å². The van der Waals surface area contributed by atoms with Gasteiger partial charge in [0.1, 0.15) is 12.1 Å². The van der Waals surface area contributed by atoms with Gasteiger partial charge >= 0.3 is 0 Å². The first-order valence-corrected chi connectivity index (χ1v) is 8.53. The number of nitrogens with zero attached hydrogens (tertiary/aromatic N) is 2. The average molecular weight is 345 g/mol. The van der Waals surface area contributed by atoms with Crippen LogP contribution < -0.4 is 10.1 Å². The molecule has 1 aliphatic rings. The molecule has 5 nitrogen and oxygen atoms in total. The summed E-state index contributed by atoms with van der Waals surface area (Å²) in [5.41, 5.74) is 3.54. The highest BCUT2D eigenvalue weighted by Gasteiger charge is 2.41. The van der Waals surface area contributed by atoms with Gasteiger partial charge in [-0.3, -0.25) is 4.79 Å². The Morgan fingerprint density at radius 1 is 1.00 bits per heavy atom. The first kappa shape index (κ1) is 16.3. The van der Waals surface area contributed by atoms with E-state index in [1.165, 1.54) is 6.33 Å². The van der Waals surface area contributed by atoms with E-state index in [0.29, 0.717) is 12.8 Å². The van der Waals surface area contributed by atoms with E-state index in [4.69, 9.17) is 4.74 Å². The minimum Gasteiger partial charge on any atom is -0.497 e. The number of ether oxygens (including phenoxy) is 1. The molecule has 1 amide bonds. The molecule has 1 saturated heterocycles. The van der Waals surface area contributed by atoms with Crippen LogP contribution in [0, 0.1) is 0 Å². The van der Waals surface area contributed by atoms with E-state index in [0.717, 1.165) is 28.0 Å². The van der Waals surface area contributed by atoms with E-state index < -0.39 is 5.54 Å². The van der Waals surface area contributed by atoms with Crippen LogP contribution in [-0.2, 0) is 10.3 Å². The SMILES string of the molecule is COc1ccc(C2(c3cccc(-c4cncnc4)c3)CCC(=O)N2)cc1. The second-order valence-electron chi connectivity index (χ2n) is 6.39. The van der Waals surface area contributed by atoms with Crippen LogP contribution >= 0.6 is 0 Å². The molecule has 3 aromatic rings. The van der Waals surface area contributed by atoms with Gasteiger partial charge in [0.2, 0.25) is 5.91 Å². The number of methoxy groups -OCH3 is 1. The largest absolute Gasteiger partial charge is 0.497 e. The van der Waals surface area contributed by atoms with E-state index in [9.17, 15) is 4.79 Å². The van der Waals surface area contributed by atoms with Crippen molar-refractivity contribution in [1.29, 1.82) is 0 Å². The maximum Gasteiger partial charge on any atom is 0.221 e. The third-order valence-electron chi connectivity index (χ3n) is 4.91. The molecule has 0 saturated carbocycles. The Balaban J connectivity index is 1.81. The fourth-order valence-electron chi connectivity index (χ4n) is 3.55. The van der Waals surface area contributed by atoms with Crippen molar-refractivity contribution in [3.63, 3.8) is 0 Å². The van der Waals surface area contributed by atoms with E-state index in [2.05, 4.69) is 27.4 Å². The highest BCUT2D eigenvalue weighted by Crippen LogP contribution is 2.39. The topological polar surface area (TPSA) is 64.1 Å². The molecule has 1 aromatic heterocycles. The van der Waals surface area contributed by atoms with Crippen molar-refractivity contribution in [2.45, 2.75) is 18.4 Å². The Morgan fingerprint density at radius 2 is 1.77 bits per heavy atom. The Bertz CT molecular complexity index is 926. The van der Waals surface area contributed by atoms with Crippen LogP contribution in [0.3, 0.4) is 0 Å². The van der Waals surface area contributed by atoms with Gasteiger partial charge in [0.05, 0.1) is 12.6 Å². The molecule has 26 heavy (non-hydrogen) atoms. The number of hydrogen-bond donors (Lipinski definition) is 1. The highest BCUT2D eigenvalue weighted by molar-refractivity contribution is 5.81. The maximum atomic E-state index is 12.1. The third kappa shape index (κ3) is 2.81. The maximum absolute atomic E-state index is 12.1. The summed E-state index contributed by atoms with van der Waals surface area (Å²) in [6.07, 6.45) is 6.32. The van der Waals surface area contributed by atoms with E-state index in [1.54, 1.807) is 19.5 Å². The fourth-order valence-corrected chi connectivity index (χ4v) is 3.55. The Kier molecular flexibility index (Phi) is 4.13. The first-order chi connectivity index (χ1) is 12.7. The molecule has 1 fully saturated rings. The molecular weight excluding hydrogens is 326 g/mol. The Labute approximate surface area is 152 Å². The zero-order chi connectivity index (χ0) is 18.0. The summed E-state index contributed by atoms with van der Waals surface area (Å²) in [5.74, 6) is 0.859. The average Bonchev–Trinajstić information content (AvgIpc) is 3.12. The smallest absolute Gasteiger partial charge is 0.221 e. The van der Waals surface area contributed by atoms with Gasteiger partial charge in [-0.25, -0.2) is 9.97 Å². The normalized spacial score (nSPS) is 19.2. The minimum absolute atomic E-state index is 0.0641. The van der Waals surface area contributed by atoms with Gasteiger partial charge in [-0.05, 0) is 41.3 Å². The molecule has 2 heterocycles. The van der Waals surface area contributed by atoms with E-state index >= 15 is 0 Å². The zero-order valence-corrected chi connectivity index (χ0v) is 14.5. The number of carbonyl (C=O) groups excluding carboxylic acids is 1. The lowest BCUT2D eigenvalue weighted by molar-refractivity contribution is -0.119. The molecule has 1 unspecified atom stereocenters. The predicted octanol–water partition coefficient (Wildman–Crippen LogP) is 3.31. The summed E-state index contributed by atoms with van der Waals surface area (Å²) in [5, 5.41) is 3.21. The summed E-state index contributed by atoms with van der Waals surface area (Å²) < 4.78 is 5.27. The van der Waals surface area contributed by atoms with Gasteiger partial charge in [0.25, 0.3) is 0 Å². The molecule has 0 radical (unpaired) electrons. The fraction of sp³-hybridized carbons (Fsp3) is 0.190. The van der Waals surface area contributed by atoms with Crippen LogP contribution in [0.15, 0.2) is 67.3 Å². The number of amides is 1. The molecule has 0 aliphatic carbocycles. The van der Waals surface area contributed by atoms with Crippen molar-refractivity contribution in [1.82, 2.24) is 15.3 Å². The van der Waals surface area contributed by atoms with Crippen molar-refractivity contribution in [3.8, 4) is 16.9 Å². The monoisotopic (exact) mass is 345 g/mol. The van der Waals surface area contributed by atoms with Crippen molar-refractivity contribution in [3.05, 3.63) is 78.4 Å². The van der Waals surface area contributed by atoms with Crippen molar-refractivity contribution >= 4 is 5.91 Å². The number of rotatable bonds is 4. The van der Waals surface area contributed by atoms with Crippen LogP contribution in [0.25, 0.3) is 11.1 Å². The van der Waals surface area contributed by atoms with Crippen LogP contribution in [0.1, 0.15) is 24.0 Å². The summed E-state index contributed by atoms with van der Waals surface area (Å²) in [6, 6.07) is 16.1. The summed E-state index contributed by atoms with van der Waals surface area (Å²) in [6.45, 7) is 0. The highest BCUT2D eigenvalue weighted by atomic mass is 16.5. The molecule has 5 heteroatoms. The Morgan fingerprint density at radius 3 is 2.42 bits per heavy atom. The summed E-state index contributed by atoms with van der Waals surface area (Å²) >= 11 is 0. The number of benzene rings is 2. The quantitative estimate of drug-likeness (QED) is 0.788. The molecule has 1 N–H and O–H groups in total. The van der Waals surface area contributed by atoms with Gasteiger partial charge in [0.15, 0.2) is 0 Å². The first-order valence-electron chi connectivity index (χ1n) is 8.53. The lowest BCUT2D eigenvalue weighted by atomic mass is 9.81. The number of nitrogens with one attached hydrogen (secondary N) is 1. The number of aromatic nitrogens is 2. The van der Waals surface area contributed by atoms with Gasteiger partial charge in [0, 0.05) is 24.4 Å². The Hall–Kier alpha value is -3.21. The molecular formula is C21H19N3O2. The van der Waals surface area contributed by atoms with Crippen molar-refractivity contribution in [2.75, 3.05) is 7.11 Å². The second kappa shape index (κ2) is 6.59. The zero-order valence-electron chi connectivity index (χ0n) is 14.5. The van der Waals surface area contributed by atoms with Gasteiger partial charge in [-0.2, -0.15) is 0 Å². The number of hydrogen-bond acceptors (Lipinski definition) is 4. The third-order valence-corrected chi connectivity index (χ3v) is 4.91. The van der Waals surface area contributed by atoms with Crippen LogP contribution in [0.4, 0.5) is 0 Å². The van der Waals surface area contributed by atoms with Gasteiger partial charge < -0.3 is 10.1 Å². The molecule has 2 aromatic carbocycles. The van der Waals surface area contributed by atoms with Crippen LogP contribution in [-0.4, -0.2) is 23.0 Å². The van der Waals surface area contributed by atoms with E-state index in [-0.39, 0.29) is 5.91 Å². The second-order valence-corrected chi connectivity index (χ2v) is 6.39.